The summed E-state index contributed by atoms with van der Waals surface area (Å²) in [6.45, 7) is 11.8. The van der Waals surface area contributed by atoms with Gasteiger partial charge in [0.1, 0.15) is 16.9 Å². The number of carbonyl (C=O) groups is 1. The highest BCUT2D eigenvalue weighted by Crippen LogP contribution is 2.32. The first kappa shape index (κ1) is 23.3. The van der Waals surface area contributed by atoms with Crippen LogP contribution in [0.15, 0.2) is 22.7 Å². The summed E-state index contributed by atoms with van der Waals surface area (Å²) in [6.07, 6.45) is -0.420. The van der Waals surface area contributed by atoms with Gasteiger partial charge < -0.3 is 25.0 Å². The van der Waals surface area contributed by atoms with Crippen molar-refractivity contribution in [2.75, 3.05) is 12.3 Å². The minimum Gasteiger partial charge on any atom is -0.444 e. The highest BCUT2D eigenvalue weighted by molar-refractivity contribution is 9.10. The molecule has 1 amide bonds. The Balaban J connectivity index is 2.18. The van der Waals surface area contributed by atoms with Gasteiger partial charge in [0.05, 0.1) is 29.7 Å². The molecule has 3 aromatic rings. The van der Waals surface area contributed by atoms with Crippen molar-refractivity contribution in [2.45, 2.75) is 65.8 Å². The number of imidazole rings is 1. The van der Waals surface area contributed by atoms with E-state index >= 15 is 0 Å². The molecule has 0 aliphatic carbocycles. The van der Waals surface area contributed by atoms with E-state index in [2.05, 4.69) is 20.9 Å². The van der Waals surface area contributed by atoms with Crippen LogP contribution >= 0.6 is 15.9 Å². The predicted molar refractivity (Wildman–Crippen MR) is 126 cm³/mol. The Bertz CT molecular complexity index is 1130. The number of halogens is 1. The quantitative estimate of drug-likeness (QED) is 0.545. The molecule has 3 N–H and O–H groups in total. The summed E-state index contributed by atoms with van der Waals surface area (Å²) >= 11 is 3.47. The van der Waals surface area contributed by atoms with E-state index in [4.69, 9.17) is 15.5 Å². The zero-order valence-electron chi connectivity index (χ0n) is 18.9. The summed E-state index contributed by atoms with van der Waals surface area (Å²) in [5.74, 6) is 0.908. The Kier molecular flexibility index (Phi) is 6.21. The highest BCUT2D eigenvalue weighted by atomic mass is 79.9. The van der Waals surface area contributed by atoms with E-state index < -0.39 is 17.3 Å². The van der Waals surface area contributed by atoms with E-state index in [1.165, 1.54) is 0 Å². The molecule has 0 unspecified atom stereocenters. The van der Waals surface area contributed by atoms with Crippen LogP contribution in [0, 0.1) is 0 Å². The molecule has 0 atom stereocenters. The number of nitrogens with zero attached hydrogens (tertiary/aromatic N) is 4. The molecule has 31 heavy (non-hydrogen) atoms. The molecule has 0 aliphatic rings. The summed E-state index contributed by atoms with van der Waals surface area (Å²) in [5, 5.41) is 11.5. The van der Waals surface area contributed by atoms with Gasteiger partial charge in [-0.3, -0.25) is 0 Å². The van der Waals surface area contributed by atoms with Crippen molar-refractivity contribution in [3.63, 3.8) is 0 Å². The van der Waals surface area contributed by atoms with Crippen molar-refractivity contribution in [2.24, 2.45) is 0 Å². The monoisotopic (exact) mass is 491 g/mol. The fourth-order valence-corrected chi connectivity index (χ4v) is 3.76. The van der Waals surface area contributed by atoms with Crippen molar-refractivity contribution in [1.29, 1.82) is 0 Å². The minimum atomic E-state index is -1.01. The van der Waals surface area contributed by atoms with Crippen LogP contribution in [0.25, 0.3) is 21.9 Å². The molecule has 0 saturated heterocycles. The molecular formula is C22H30BrN5O3. The van der Waals surface area contributed by atoms with Crippen molar-refractivity contribution in [3.05, 3.63) is 28.5 Å². The normalized spacial score (nSPS) is 12.5. The Morgan fingerprint density at radius 3 is 2.52 bits per heavy atom. The fourth-order valence-electron chi connectivity index (χ4n) is 3.41. The van der Waals surface area contributed by atoms with Crippen LogP contribution in [0.5, 0.6) is 0 Å². The van der Waals surface area contributed by atoms with Gasteiger partial charge in [-0.05, 0) is 59.7 Å². The maximum atomic E-state index is 12.7. The molecular weight excluding hydrogens is 462 g/mol. The minimum absolute atomic E-state index is 0.216. The average molecular weight is 492 g/mol. The van der Waals surface area contributed by atoms with Gasteiger partial charge in [0, 0.05) is 16.4 Å². The van der Waals surface area contributed by atoms with E-state index in [0.29, 0.717) is 23.7 Å². The van der Waals surface area contributed by atoms with E-state index in [9.17, 15) is 9.90 Å². The van der Waals surface area contributed by atoms with Gasteiger partial charge in [0.2, 0.25) is 0 Å². The number of carbonyl (C=O) groups excluding carboxylic acids is 1. The predicted octanol–water partition coefficient (Wildman–Crippen LogP) is 4.46. The van der Waals surface area contributed by atoms with Gasteiger partial charge in [0.25, 0.3) is 0 Å². The number of hydrogen-bond acceptors (Lipinski definition) is 6. The smallest absolute Gasteiger partial charge is 0.410 e. The zero-order valence-corrected chi connectivity index (χ0v) is 20.4. The molecule has 0 spiro atoms. The molecule has 1 aromatic carbocycles. The lowest BCUT2D eigenvalue weighted by Crippen LogP contribution is -2.37. The number of anilines is 1. The van der Waals surface area contributed by atoms with Crippen LogP contribution in [0.3, 0.4) is 0 Å². The second-order valence-electron chi connectivity index (χ2n) is 9.28. The second kappa shape index (κ2) is 8.27. The zero-order chi connectivity index (χ0) is 23.1. The molecule has 168 valence electrons. The van der Waals surface area contributed by atoms with Crippen molar-refractivity contribution in [3.8, 4) is 0 Å². The second-order valence-corrected chi connectivity index (χ2v) is 10.2. The number of ether oxygens (including phenoxy) is 1. The number of benzene rings is 1. The number of pyridine rings is 1. The lowest BCUT2D eigenvalue weighted by Gasteiger charge is -2.27. The number of nitrogens with two attached hydrogens (primary N) is 1. The third kappa shape index (κ3) is 5.27. The Labute approximate surface area is 190 Å². The summed E-state index contributed by atoms with van der Waals surface area (Å²) in [4.78, 5) is 23.5. The number of amides is 1. The largest absolute Gasteiger partial charge is 0.444 e. The van der Waals surface area contributed by atoms with E-state index in [1.807, 2.05) is 50.5 Å². The van der Waals surface area contributed by atoms with Gasteiger partial charge in [0.15, 0.2) is 5.82 Å². The van der Waals surface area contributed by atoms with Crippen LogP contribution in [0.2, 0.25) is 0 Å². The molecule has 3 rings (SSSR count). The molecule has 8 nitrogen and oxygen atoms in total. The molecule has 0 bridgehead atoms. The third-order valence-electron chi connectivity index (χ3n) is 4.66. The maximum Gasteiger partial charge on any atom is 0.410 e. The van der Waals surface area contributed by atoms with Crippen LogP contribution in [-0.4, -0.2) is 48.4 Å². The molecule has 0 fully saturated rings. The number of fused-ring (bicyclic) bond motifs is 3. The highest BCUT2D eigenvalue weighted by Gasteiger charge is 2.26. The van der Waals surface area contributed by atoms with Crippen molar-refractivity contribution in [1.82, 2.24) is 19.4 Å². The summed E-state index contributed by atoms with van der Waals surface area (Å²) in [5.41, 5.74) is 6.70. The molecule has 2 aromatic heterocycles. The first-order valence-corrected chi connectivity index (χ1v) is 11.0. The molecule has 0 radical (unpaired) electrons. The van der Waals surface area contributed by atoms with Crippen LogP contribution in [0.1, 0.15) is 47.4 Å². The molecule has 0 saturated carbocycles. The van der Waals surface area contributed by atoms with Gasteiger partial charge in [-0.1, -0.05) is 15.9 Å². The first-order chi connectivity index (χ1) is 14.3. The number of nitrogen functional groups attached to an aromatic ring is 1. The van der Waals surface area contributed by atoms with Crippen LogP contribution in [0.4, 0.5) is 10.6 Å². The lowest BCUT2D eigenvalue weighted by molar-refractivity contribution is 0.0234. The maximum absolute atomic E-state index is 12.7. The lowest BCUT2D eigenvalue weighted by atomic mass is 10.1. The molecule has 2 heterocycles. The number of rotatable bonds is 5. The summed E-state index contributed by atoms with van der Waals surface area (Å²) < 4.78 is 8.36. The third-order valence-corrected chi connectivity index (χ3v) is 5.15. The van der Waals surface area contributed by atoms with E-state index in [1.54, 1.807) is 18.7 Å². The Hall–Kier alpha value is -2.39. The number of aliphatic hydroxyl groups is 1. The average Bonchev–Trinajstić information content (AvgIpc) is 2.95. The number of aromatic nitrogens is 3. The Morgan fingerprint density at radius 1 is 1.26 bits per heavy atom. The first-order valence-electron chi connectivity index (χ1n) is 10.2. The van der Waals surface area contributed by atoms with Crippen LogP contribution in [-0.2, 0) is 17.8 Å². The van der Waals surface area contributed by atoms with Gasteiger partial charge in [-0.2, -0.15) is 0 Å². The number of hydrogen-bond donors (Lipinski definition) is 2. The molecule has 0 aliphatic heterocycles. The van der Waals surface area contributed by atoms with E-state index in [-0.39, 0.29) is 13.1 Å². The van der Waals surface area contributed by atoms with Crippen molar-refractivity contribution < 1.29 is 14.6 Å². The van der Waals surface area contributed by atoms with Crippen LogP contribution < -0.4 is 5.73 Å². The summed E-state index contributed by atoms with van der Waals surface area (Å²) in [6, 6.07) is 5.77. The van der Waals surface area contributed by atoms with Gasteiger partial charge >= 0.3 is 6.09 Å². The SMILES string of the molecule is CCN(Cc1nc2c(N)nc3cc(Br)ccc3c2n1CC(C)(C)O)C(=O)OC(C)(C)C. The fraction of sp³-hybridized carbons (Fsp3) is 0.500. The Morgan fingerprint density at radius 2 is 1.94 bits per heavy atom. The van der Waals surface area contributed by atoms with Crippen molar-refractivity contribution >= 4 is 49.8 Å². The molecule has 9 heteroatoms. The van der Waals surface area contributed by atoms with Gasteiger partial charge in [-0.15, -0.1) is 0 Å². The van der Waals surface area contributed by atoms with Gasteiger partial charge in [-0.25, -0.2) is 14.8 Å². The van der Waals surface area contributed by atoms with E-state index in [0.717, 1.165) is 20.9 Å². The summed E-state index contributed by atoms with van der Waals surface area (Å²) in [7, 11) is 0. The topological polar surface area (TPSA) is 107 Å². The standard InChI is InChI=1S/C22H30BrN5O3/c1-7-27(20(29)31-21(2,3)4)11-16-26-17-18(28(16)12-22(5,6)30)14-9-8-13(23)10-15(14)25-19(17)24/h8-10,30H,7,11-12H2,1-6H3,(H2,24,25).